The van der Waals surface area contributed by atoms with E-state index < -0.39 is 9.96 Å². The van der Waals surface area contributed by atoms with Gasteiger partial charge in [-0.3, -0.25) is 10.1 Å². The first-order valence-corrected chi connectivity index (χ1v) is 3.20. The Morgan fingerprint density at radius 1 is 1.15 bits per heavy atom. The molecule has 0 amide bonds. The maximum absolute atomic E-state index is 10.3. The van der Waals surface area contributed by atoms with E-state index in [1.807, 2.05) is 0 Å². The van der Waals surface area contributed by atoms with Crippen LogP contribution in [0.15, 0.2) is 24.3 Å². The average molecular weight is 182 g/mol. The van der Waals surface area contributed by atoms with Crippen molar-refractivity contribution in [3.8, 4) is 0 Å². The number of nitro groups is 2. The molecule has 1 aromatic rings. The summed E-state index contributed by atoms with van der Waals surface area (Å²) in [6.45, 7) is 0. The Balaban J connectivity index is 3.04. The molecule has 0 saturated carbocycles. The average Bonchev–Trinajstić information content (AvgIpc) is 2.03. The van der Waals surface area contributed by atoms with Crippen molar-refractivity contribution in [1.29, 1.82) is 0 Å². The van der Waals surface area contributed by atoms with Crippen molar-refractivity contribution in [3.63, 3.8) is 0 Å². The zero-order valence-corrected chi connectivity index (χ0v) is 6.28. The molecule has 0 heterocycles. The Kier molecular flexibility index (Phi) is 2.38. The van der Waals surface area contributed by atoms with Crippen molar-refractivity contribution in [2.45, 2.75) is 0 Å². The van der Waals surface area contributed by atoms with Crippen LogP contribution in [-0.4, -0.2) is 9.96 Å². The van der Waals surface area contributed by atoms with Gasteiger partial charge in [-0.05, 0) is 6.07 Å². The third kappa shape index (κ3) is 2.12. The van der Waals surface area contributed by atoms with Gasteiger partial charge < -0.3 is 0 Å². The first-order chi connectivity index (χ1) is 6.11. The SMILES string of the molecule is O=[N+]([O-])[N]c1ccccc1[N+](=O)[O-]. The van der Waals surface area contributed by atoms with Crippen LogP contribution in [0.25, 0.3) is 0 Å². The number of para-hydroxylation sites is 1. The zero-order chi connectivity index (χ0) is 9.84. The number of nitrogens with zero attached hydrogens (tertiary/aromatic N) is 3. The molecule has 7 nitrogen and oxygen atoms in total. The summed E-state index contributed by atoms with van der Waals surface area (Å²) in [5.74, 6) is 0. The maximum atomic E-state index is 10.3. The molecule has 0 aliphatic rings. The van der Waals surface area contributed by atoms with Crippen LogP contribution in [0, 0.1) is 20.2 Å². The predicted octanol–water partition coefficient (Wildman–Crippen LogP) is 1.02. The third-order valence-corrected chi connectivity index (χ3v) is 1.27. The molecule has 0 spiro atoms. The van der Waals surface area contributed by atoms with Crippen molar-refractivity contribution in [2.24, 2.45) is 0 Å². The van der Waals surface area contributed by atoms with Gasteiger partial charge in [0.25, 0.3) is 0 Å². The van der Waals surface area contributed by atoms with Crippen molar-refractivity contribution < 1.29 is 9.96 Å². The number of benzene rings is 1. The van der Waals surface area contributed by atoms with Crippen molar-refractivity contribution in [2.75, 3.05) is 0 Å². The standard InChI is InChI=1S/C6H4N3O4/c10-8(11)6-4-2-1-3-5(6)7-9(12)13/h1-4H. The highest BCUT2D eigenvalue weighted by atomic mass is 16.7. The van der Waals surface area contributed by atoms with Gasteiger partial charge in [0.15, 0.2) is 5.03 Å². The fraction of sp³-hybridized carbons (Fsp3) is 0. The monoisotopic (exact) mass is 182 g/mol. The number of nitro benzene ring substituents is 1. The summed E-state index contributed by atoms with van der Waals surface area (Å²) in [6.07, 6.45) is 0. The molecule has 1 aromatic carbocycles. The first-order valence-electron chi connectivity index (χ1n) is 3.20. The molecule has 0 fully saturated rings. The van der Waals surface area contributed by atoms with Gasteiger partial charge in [-0.1, -0.05) is 12.1 Å². The molecule has 13 heavy (non-hydrogen) atoms. The molecule has 0 N–H and O–H groups in total. The maximum Gasteiger partial charge on any atom is 0.301 e. The van der Waals surface area contributed by atoms with Crippen molar-refractivity contribution in [1.82, 2.24) is 5.43 Å². The molecular weight excluding hydrogens is 178 g/mol. The summed E-state index contributed by atoms with van der Waals surface area (Å²) in [7, 11) is 0. The summed E-state index contributed by atoms with van der Waals surface area (Å²) in [4.78, 5) is 19.6. The summed E-state index contributed by atoms with van der Waals surface area (Å²) >= 11 is 0. The molecular formula is C6H4N3O4. The van der Waals surface area contributed by atoms with Crippen LogP contribution < -0.4 is 5.43 Å². The van der Waals surface area contributed by atoms with Gasteiger partial charge in [0.05, 0.1) is 10.3 Å². The van der Waals surface area contributed by atoms with E-state index in [0.717, 1.165) is 6.07 Å². The zero-order valence-electron chi connectivity index (χ0n) is 6.28. The second kappa shape index (κ2) is 3.48. The van der Waals surface area contributed by atoms with Gasteiger partial charge in [0.1, 0.15) is 0 Å². The fourth-order valence-electron chi connectivity index (χ4n) is 0.791. The Hall–Kier alpha value is -2.18. The lowest BCUT2D eigenvalue weighted by Gasteiger charge is -1.93. The lowest BCUT2D eigenvalue weighted by molar-refractivity contribution is -0.536. The van der Waals surface area contributed by atoms with Crippen LogP contribution in [0.4, 0.5) is 11.4 Å². The van der Waals surface area contributed by atoms with Gasteiger partial charge in [-0.2, -0.15) is 0 Å². The summed E-state index contributed by atoms with van der Waals surface area (Å²) < 4.78 is 0. The van der Waals surface area contributed by atoms with Gasteiger partial charge >= 0.3 is 5.69 Å². The minimum atomic E-state index is -0.970. The highest BCUT2D eigenvalue weighted by Gasteiger charge is 2.18. The lowest BCUT2D eigenvalue weighted by Crippen LogP contribution is -2.08. The molecule has 0 unspecified atom stereocenters. The van der Waals surface area contributed by atoms with E-state index in [-0.39, 0.29) is 11.4 Å². The summed E-state index contributed by atoms with van der Waals surface area (Å²) in [5, 5.41) is 19.3. The Morgan fingerprint density at radius 2 is 1.77 bits per heavy atom. The van der Waals surface area contributed by atoms with E-state index in [4.69, 9.17) is 0 Å². The lowest BCUT2D eigenvalue weighted by atomic mass is 10.3. The van der Waals surface area contributed by atoms with Crippen molar-refractivity contribution >= 4 is 11.4 Å². The van der Waals surface area contributed by atoms with Gasteiger partial charge in [-0.15, -0.1) is 0 Å². The van der Waals surface area contributed by atoms with Gasteiger partial charge in [-0.25, -0.2) is 10.1 Å². The second-order valence-corrected chi connectivity index (χ2v) is 2.08. The largest absolute Gasteiger partial charge is 0.301 e. The first kappa shape index (κ1) is 8.91. The topological polar surface area (TPSA) is 100 Å². The Morgan fingerprint density at radius 3 is 2.31 bits per heavy atom. The Bertz CT molecular complexity index is 351. The third-order valence-electron chi connectivity index (χ3n) is 1.27. The quantitative estimate of drug-likeness (QED) is 0.514. The van der Waals surface area contributed by atoms with E-state index in [0.29, 0.717) is 0 Å². The number of rotatable bonds is 3. The molecule has 1 rings (SSSR count). The van der Waals surface area contributed by atoms with Gasteiger partial charge in [0.2, 0.25) is 5.69 Å². The molecule has 0 aliphatic carbocycles. The summed E-state index contributed by atoms with van der Waals surface area (Å²) in [5.41, 5.74) is 2.23. The number of hydrogen-bond acceptors (Lipinski definition) is 4. The molecule has 67 valence electrons. The smallest absolute Gasteiger partial charge is 0.258 e. The van der Waals surface area contributed by atoms with Crippen LogP contribution in [0.1, 0.15) is 0 Å². The molecule has 0 bridgehead atoms. The molecule has 7 heteroatoms. The Labute approximate surface area is 72.3 Å². The second-order valence-electron chi connectivity index (χ2n) is 2.08. The van der Waals surface area contributed by atoms with E-state index in [9.17, 15) is 20.2 Å². The van der Waals surface area contributed by atoms with Crippen molar-refractivity contribution in [3.05, 3.63) is 44.5 Å². The van der Waals surface area contributed by atoms with E-state index in [1.54, 1.807) is 0 Å². The molecule has 0 saturated heterocycles. The normalized spacial score (nSPS) is 9.23. The van der Waals surface area contributed by atoms with Crippen LogP contribution in [0.5, 0.6) is 0 Å². The highest BCUT2D eigenvalue weighted by Crippen LogP contribution is 2.22. The molecule has 1 radical (unpaired) electrons. The van der Waals surface area contributed by atoms with Crippen LogP contribution in [0.3, 0.4) is 0 Å². The molecule has 0 atom stereocenters. The predicted molar refractivity (Wildman–Crippen MR) is 41.9 cm³/mol. The van der Waals surface area contributed by atoms with Crippen LogP contribution in [0.2, 0.25) is 0 Å². The minimum Gasteiger partial charge on any atom is -0.258 e. The van der Waals surface area contributed by atoms with E-state index >= 15 is 0 Å². The van der Waals surface area contributed by atoms with Crippen LogP contribution >= 0.6 is 0 Å². The van der Waals surface area contributed by atoms with Gasteiger partial charge in [0, 0.05) is 6.07 Å². The van der Waals surface area contributed by atoms with Crippen LogP contribution in [-0.2, 0) is 0 Å². The van der Waals surface area contributed by atoms with E-state index in [1.165, 1.54) is 18.2 Å². The highest BCUT2D eigenvalue weighted by molar-refractivity contribution is 5.54. The number of hydrogen-bond donors (Lipinski definition) is 0. The minimum absolute atomic E-state index is 0.252. The molecule has 0 aliphatic heterocycles. The molecule has 0 aromatic heterocycles. The summed E-state index contributed by atoms with van der Waals surface area (Å²) in [6, 6.07) is 5.22. The fourth-order valence-corrected chi connectivity index (χ4v) is 0.791. The van der Waals surface area contributed by atoms with E-state index in [2.05, 4.69) is 5.43 Å².